The summed E-state index contributed by atoms with van der Waals surface area (Å²) in [6.07, 6.45) is 1.92. The summed E-state index contributed by atoms with van der Waals surface area (Å²) in [5, 5.41) is 4.16. The fourth-order valence-corrected chi connectivity index (χ4v) is 3.29. The third-order valence-electron chi connectivity index (χ3n) is 2.73. The van der Waals surface area contributed by atoms with Gasteiger partial charge in [0.05, 0.1) is 5.69 Å². The van der Waals surface area contributed by atoms with Gasteiger partial charge in [0.1, 0.15) is 0 Å². The maximum absolute atomic E-state index is 4.61. The maximum atomic E-state index is 4.61. The highest BCUT2D eigenvalue weighted by molar-refractivity contribution is 7.99. The summed E-state index contributed by atoms with van der Waals surface area (Å²) in [6, 6.07) is 20.7. The summed E-state index contributed by atoms with van der Waals surface area (Å²) in [4.78, 5) is 7.00. The molecule has 0 bridgehead atoms. The molecule has 0 aliphatic heterocycles. The minimum atomic E-state index is 1.01. The van der Waals surface area contributed by atoms with Crippen molar-refractivity contribution in [1.82, 2.24) is 0 Å². The van der Waals surface area contributed by atoms with E-state index in [9.17, 15) is 0 Å². The van der Waals surface area contributed by atoms with Crippen molar-refractivity contribution in [3.8, 4) is 0 Å². The van der Waals surface area contributed by atoms with Gasteiger partial charge in [-0.15, -0.1) is 0 Å². The van der Waals surface area contributed by atoms with E-state index in [1.54, 1.807) is 23.1 Å². The molecule has 0 saturated carbocycles. The summed E-state index contributed by atoms with van der Waals surface area (Å²) < 4.78 is 0. The zero-order chi connectivity index (χ0) is 13.6. The van der Waals surface area contributed by atoms with Gasteiger partial charge in [-0.25, -0.2) is 0 Å². The van der Waals surface area contributed by atoms with Crippen LogP contribution in [0.4, 0.5) is 5.69 Å². The molecule has 0 amide bonds. The minimum absolute atomic E-state index is 1.01. The normalized spacial score (nSPS) is 11.0. The van der Waals surface area contributed by atoms with Crippen LogP contribution in [-0.4, -0.2) is 6.21 Å². The van der Waals surface area contributed by atoms with Gasteiger partial charge in [0.2, 0.25) is 0 Å². The summed E-state index contributed by atoms with van der Waals surface area (Å²) in [7, 11) is 0. The number of rotatable bonds is 4. The molecule has 2 aromatic carbocycles. The molecular formula is C17H13NS2. The van der Waals surface area contributed by atoms with E-state index in [0.29, 0.717) is 0 Å². The van der Waals surface area contributed by atoms with Crippen molar-refractivity contribution >= 4 is 35.0 Å². The van der Waals surface area contributed by atoms with E-state index in [4.69, 9.17) is 0 Å². The zero-order valence-corrected chi connectivity index (χ0v) is 12.4. The van der Waals surface area contributed by atoms with Crippen molar-refractivity contribution in [3.63, 3.8) is 0 Å². The Morgan fingerprint density at radius 1 is 0.900 bits per heavy atom. The first-order chi connectivity index (χ1) is 9.92. The molecule has 0 saturated heterocycles. The molecule has 20 heavy (non-hydrogen) atoms. The van der Waals surface area contributed by atoms with Crippen LogP contribution in [-0.2, 0) is 0 Å². The lowest BCUT2D eigenvalue weighted by molar-refractivity contribution is 1.36. The van der Waals surface area contributed by atoms with Gasteiger partial charge >= 0.3 is 0 Å². The zero-order valence-electron chi connectivity index (χ0n) is 10.8. The van der Waals surface area contributed by atoms with Gasteiger partial charge < -0.3 is 0 Å². The molecule has 3 heteroatoms. The van der Waals surface area contributed by atoms with Crippen LogP contribution >= 0.6 is 23.1 Å². The number of nitrogens with zero attached hydrogens (tertiary/aromatic N) is 1. The van der Waals surface area contributed by atoms with Crippen LogP contribution in [0.1, 0.15) is 5.56 Å². The van der Waals surface area contributed by atoms with E-state index in [1.807, 2.05) is 24.4 Å². The molecule has 0 aliphatic carbocycles. The molecule has 1 heterocycles. The van der Waals surface area contributed by atoms with Crippen molar-refractivity contribution in [1.29, 1.82) is 0 Å². The number of aliphatic imine (C=N–C) groups is 1. The topological polar surface area (TPSA) is 12.4 Å². The Morgan fingerprint density at radius 2 is 1.70 bits per heavy atom. The number of thiophene rings is 1. The summed E-state index contributed by atoms with van der Waals surface area (Å²) >= 11 is 3.43. The van der Waals surface area contributed by atoms with E-state index in [1.165, 1.54) is 9.79 Å². The average Bonchev–Trinajstić information content (AvgIpc) is 3.01. The maximum Gasteiger partial charge on any atom is 0.0769 e. The van der Waals surface area contributed by atoms with Crippen LogP contribution in [0.3, 0.4) is 0 Å². The van der Waals surface area contributed by atoms with Gasteiger partial charge in [-0.3, -0.25) is 4.99 Å². The van der Waals surface area contributed by atoms with E-state index in [-0.39, 0.29) is 0 Å². The summed E-state index contributed by atoms with van der Waals surface area (Å²) in [5.74, 6) is 0. The highest BCUT2D eigenvalue weighted by Gasteiger charge is 2.02. The molecule has 98 valence electrons. The van der Waals surface area contributed by atoms with Crippen molar-refractivity contribution in [2.45, 2.75) is 9.79 Å². The summed E-state index contributed by atoms with van der Waals surface area (Å²) in [5.41, 5.74) is 2.15. The molecule has 0 fully saturated rings. The summed E-state index contributed by atoms with van der Waals surface area (Å²) in [6.45, 7) is 0. The van der Waals surface area contributed by atoms with Crippen LogP contribution < -0.4 is 0 Å². The standard InChI is InChI=1S/C17H13NS2/c1-2-6-15(7-3-1)20-17-9-5-4-8-16(17)18-12-14-10-11-19-13-14/h1-13H. The molecule has 3 aromatic rings. The second kappa shape index (κ2) is 6.55. The molecule has 1 aromatic heterocycles. The van der Waals surface area contributed by atoms with Gasteiger partial charge in [0, 0.05) is 21.6 Å². The molecule has 1 nitrogen and oxygen atoms in total. The van der Waals surface area contributed by atoms with Crippen molar-refractivity contribution in [3.05, 3.63) is 77.0 Å². The lowest BCUT2D eigenvalue weighted by Gasteiger charge is -2.04. The van der Waals surface area contributed by atoms with Crippen LogP contribution in [0.5, 0.6) is 0 Å². The number of hydrogen-bond donors (Lipinski definition) is 0. The first kappa shape index (κ1) is 13.2. The Kier molecular flexibility index (Phi) is 4.31. The molecule has 3 rings (SSSR count). The first-order valence-corrected chi connectivity index (χ1v) is 8.06. The highest BCUT2D eigenvalue weighted by Crippen LogP contribution is 2.34. The van der Waals surface area contributed by atoms with E-state index >= 15 is 0 Å². The van der Waals surface area contributed by atoms with Crippen LogP contribution in [0, 0.1) is 0 Å². The van der Waals surface area contributed by atoms with Gasteiger partial charge in [0.25, 0.3) is 0 Å². The Morgan fingerprint density at radius 3 is 2.50 bits per heavy atom. The van der Waals surface area contributed by atoms with Gasteiger partial charge in [0.15, 0.2) is 0 Å². The Balaban J connectivity index is 1.85. The first-order valence-electron chi connectivity index (χ1n) is 6.30. The van der Waals surface area contributed by atoms with E-state index in [2.05, 4.69) is 58.2 Å². The van der Waals surface area contributed by atoms with Gasteiger partial charge in [-0.1, -0.05) is 42.1 Å². The van der Waals surface area contributed by atoms with Crippen molar-refractivity contribution < 1.29 is 0 Å². The number of hydrogen-bond acceptors (Lipinski definition) is 3. The third-order valence-corrected chi connectivity index (χ3v) is 4.51. The number of para-hydroxylation sites is 1. The predicted octanol–water partition coefficient (Wildman–Crippen LogP) is 5.65. The smallest absolute Gasteiger partial charge is 0.0769 e. The van der Waals surface area contributed by atoms with E-state index < -0.39 is 0 Å². The second-order valence-electron chi connectivity index (χ2n) is 4.20. The molecule has 0 radical (unpaired) electrons. The van der Waals surface area contributed by atoms with Gasteiger partial charge in [-0.05, 0) is 41.1 Å². The van der Waals surface area contributed by atoms with Crippen molar-refractivity contribution in [2.24, 2.45) is 4.99 Å². The molecule has 0 atom stereocenters. The van der Waals surface area contributed by atoms with Crippen LogP contribution in [0.15, 0.2) is 86.2 Å². The highest BCUT2D eigenvalue weighted by atomic mass is 32.2. The van der Waals surface area contributed by atoms with E-state index in [0.717, 1.165) is 11.3 Å². The Hall–Kier alpha value is -1.84. The third kappa shape index (κ3) is 3.38. The van der Waals surface area contributed by atoms with Crippen LogP contribution in [0.25, 0.3) is 0 Å². The lowest BCUT2D eigenvalue weighted by Crippen LogP contribution is -1.77. The molecule has 0 spiro atoms. The molecule has 0 aliphatic rings. The fourth-order valence-electron chi connectivity index (χ4n) is 1.76. The Labute approximate surface area is 127 Å². The minimum Gasteiger partial charge on any atom is -0.255 e. The monoisotopic (exact) mass is 295 g/mol. The van der Waals surface area contributed by atoms with Crippen LogP contribution in [0.2, 0.25) is 0 Å². The molecule has 0 N–H and O–H groups in total. The van der Waals surface area contributed by atoms with Crippen molar-refractivity contribution in [2.75, 3.05) is 0 Å². The number of benzene rings is 2. The molecular weight excluding hydrogens is 282 g/mol. The average molecular weight is 295 g/mol. The van der Waals surface area contributed by atoms with Gasteiger partial charge in [-0.2, -0.15) is 11.3 Å². The molecule has 0 unspecified atom stereocenters. The predicted molar refractivity (Wildman–Crippen MR) is 88.6 cm³/mol. The SMILES string of the molecule is C(=Nc1ccccc1Sc1ccccc1)c1ccsc1. The second-order valence-corrected chi connectivity index (χ2v) is 6.09. The largest absolute Gasteiger partial charge is 0.255 e. The quantitative estimate of drug-likeness (QED) is 0.566. The lowest BCUT2D eigenvalue weighted by atomic mass is 10.3. The fraction of sp³-hybridized carbons (Fsp3) is 0. The Bertz CT molecular complexity index is 688.